The molecule has 0 aliphatic carbocycles. The van der Waals surface area contributed by atoms with Crippen LogP contribution in [-0.2, 0) is 16.1 Å². The fraction of sp³-hybridized carbons (Fsp3) is 0.588. The number of likely N-dealkylation sites (tertiary alicyclic amines) is 1. The molecular weight excluding hydrogens is 299 g/mol. The van der Waals surface area contributed by atoms with Crippen LogP contribution < -0.4 is 5.32 Å². The van der Waals surface area contributed by atoms with Crippen molar-refractivity contribution in [3.63, 3.8) is 0 Å². The van der Waals surface area contributed by atoms with Crippen LogP contribution in [0.5, 0.6) is 0 Å². The third-order valence-corrected chi connectivity index (χ3v) is 4.05. The van der Waals surface area contributed by atoms with E-state index in [0.29, 0.717) is 30.3 Å². The zero-order valence-corrected chi connectivity index (χ0v) is 13.8. The van der Waals surface area contributed by atoms with Crippen LogP contribution in [0.2, 0.25) is 0 Å². The van der Waals surface area contributed by atoms with Crippen molar-refractivity contribution in [1.29, 1.82) is 0 Å². The van der Waals surface area contributed by atoms with Crippen molar-refractivity contribution >= 4 is 5.91 Å². The molecule has 1 aliphatic rings. The third kappa shape index (κ3) is 4.99. The Morgan fingerprint density at radius 3 is 3.00 bits per heavy atom. The number of nitrogens with one attached hydrogen (secondary N) is 1. The molecule has 1 aromatic rings. The van der Waals surface area contributed by atoms with Gasteiger partial charge in [-0.2, -0.15) is 0 Å². The Kier molecular flexibility index (Phi) is 6.95. The molecule has 1 fully saturated rings. The summed E-state index contributed by atoms with van der Waals surface area (Å²) < 4.78 is 24.1. The molecule has 0 bridgehead atoms. The zero-order chi connectivity index (χ0) is 16.7. The van der Waals surface area contributed by atoms with E-state index in [1.54, 1.807) is 19.2 Å². The lowest BCUT2D eigenvalue weighted by molar-refractivity contribution is 0.0603. The maximum atomic E-state index is 13.8. The van der Waals surface area contributed by atoms with Gasteiger partial charge in [0, 0.05) is 31.3 Å². The van der Waals surface area contributed by atoms with Gasteiger partial charge in [0.05, 0.1) is 19.8 Å². The highest BCUT2D eigenvalue weighted by Crippen LogP contribution is 2.20. The number of nitrogens with zero attached hydrogens (tertiary/aromatic N) is 1. The van der Waals surface area contributed by atoms with E-state index >= 15 is 0 Å². The maximum absolute atomic E-state index is 13.8. The lowest BCUT2D eigenvalue weighted by atomic mass is 10.1. The van der Waals surface area contributed by atoms with E-state index in [-0.39, 0.29) is 18.3 Å². The molecule has 2 rings (SSSR count). The minimum atomic E-state index is -0.353. The molecule has 0 aromatic heterocycles. The van der Waals surface area contributed by atoms with E-state index in [0.717, 1.165) is 26.1 Å². The van der Waals surface area contributed by atoms with Crippen LogP contribution in [0.1, 0.15) is 22.3 Å². The number of ether oxygens (including phenoxy) is 2. The van der Waals surface area contributed by atoms with Gasteiger partial charge in [0.15, 0.2) is 0 Å². The highest BCUT2D eigenvalue weighted by Gasteiger charge is 2.26. The number of hydrogen-bond donors (Lipinski definition) is 1. The second-order valence-electron chi connectivity index (χ2n) is 5.82. The fourth-order valence-electron chi connectivity index (χ4n) is 2.80. The van der Waals surface area contributed by atoms with Gasteiger partial charge in [-0.1, -0.05) is 0 Å². The molecule has 0 spiro atoms. The number of benzene rings is 1. The van der Waals surface area contributed by atoms with Crippen LogP contribution in [0.4, 0.5) is 4.39 Å². The quantitative estimate of drug-likeness (QED) is 0.739. The van der Waals surface area contributed by atoms with Crippen molar-refractivity contribution in [2.75, 3.05) is 47.0 Å². The molecule has 128 valence electrons. The Morgan fingerprint density at radius 2 is 2.26 bits per heavy atom. The molecule has 1 amide bonds. The molecule has 1 heterocycles. The van der Waals surface area contributed by atoms with Crippen LogP contribution in [0, 0.1) is 11.7 Å². The predicted molar refractivity (Wildman–Crippen MR) is 85.9 cm³/mol. The van der Waals surface area contributed by atoms with E-state index in [4.69, 9.17) is 9.47 Å². The Labute approximate surface area is 136 Å². The number of carbonyl (C=O) groups is 1. The SMILES string of the molecule is CNCC1CCN(C(=O)c2ccc(F)c(COCCOC)c2)C1. The van der Waals surface area contributed by atoms with E-state index in [9.17, 15) is 9.18 Å². The average molecular weight is 324 g/mol. The summed E-state index contributed by atoms with van der Waals surface area (Å²) >= 11 is 0. The highest BCUT2D eigenvalue weighted by atomic mass is 19.1. The van der Waals surface area contributed by atoms with Gasteiger partial charge >= 0.3 is 0 Å². The molecule has 1 saturated heterocycles. The highest BCUT2D eigenvalue weighted by molar-refractivity contribution is 5.94. The van der Waals surface area contributed by atoms with Gasteiger partial charge in [-0.05, 0) is 44.1 Å². The van der Waals surface area contributed by atoms with Crippen LogP contribution in [0.15, 0.2) is 18.2 Å². The molecule has 1 N–H and O–H groups in total. The van der Waals surface area contributed by atoms with Crippen molar-refractivity contribution < 1.29 is 18.7 Å². The Morgan fingerprint density at radius 1 is 1.43 bits per heavy atom. The molecule has 6 heteroatoms. The Hall–Kier alpha value is -1.50. The molecule has 1 aliphatic heterocycles. The van der Waals surface area contributed by atoms with Crippen LogP contribution in [-0.4, -0.2) is 57.8 Å². The average Bonchev–Trinajstić information content (AvgIpc) is 3.01. The second-order valence-corrected chi connectivity index (χ2v) is 5.82. The van der Waals surface area contributed by atoms with Gasteiger partial charge in [0.25, 0.3) is 5.91 Å². The smallest absolute Gasteiger partial charge is 0.253 e. The Bertz CT molecular complexity index is 525. The summed E-state index contributed by atoms with van der Waals surface area (Å²) in [6.07, 6.45) is 1.00. The summed E-state index contributed by atoms with van der Waals surface area (Å²) in [5, 5.41) is 3.14. The van der Waals surface area contributed by atoms with Crippen molar-refractivity contribution in [3.05, 3.63) is 35.1 Å². The van der Waals surface area contributed by atoms with Crippen LogP contribution >= 0.6 is 0 Å². The fourth-order valence-corrected chi connectivity index (χ4v) is 2.80. The first-order valence-electron chi connectivity index (χ1n) is 7.94. The lowest BCUT2D eigenvalue weighted by Crippen LogP contribution is -2.30. The molecule has 0 saturated carbocycles. The largest absolute Gasteiger partial charge is 0.382 e. The molecular formula is C17H25FN2O3. The minimum Gasteiger partial charge on any atom is -0.382 e. The molecule has 0 radical (unpaired) electrons. The van der Waals surface area contributed by atoms with Crippen molar-refractivity contribution in [3.8, 4) is 0 Å². The first kappa shape index (κ1) is 17.8. The van der Waals surface area contributed by atoms with E-state index in [1.165, 1.54) is 6.07 Å². The summed E-state index contributed by atoms with van der Waals surface area (Å²) in [5.41, 5.74) is 0.916. The van der Waals surface area contributed by atoms with Crippen molar-refractivity contribution in [1.82, 2.24) is 10.2 Å². The first-order chi connectivity index (χ1) is 11.2. The van der Waals surface area contributed by atoms with E-state index < -0.39 is 0 Å². The van der Waals surface area contributed by atoms with Gasteiger partial charge < -0.3 is 19.7 Å². The summed E-state index contributed by atoms with van der Waals surface area (Å²) in [4.78, 5) is 14.4. The maximum Gasteiger partial charge on any atom is 0.253 e. The molecule has 23 heavy (non-hydrogen) atoms. The number of amides is 1. The van der Waals surface area contributed by atoms with Gasteiger partial charge in [0.1, 0.15) is 5.82 Å². The zero-order valence-electron chi connectivity index (χ0n) is 13.8. The standard InChI is InChI=1S/C17H25FN2O3/c1-19-10-13-5-6-20(11-13)17(21)14-3-4-16(18)15(9-14)12-23-8-7-22-2/h3-4,9,13,19H,5-8,10-12H2,1-2H3. The molecule has 5 nitrogen and oxygen atoms in total. The van der Waals surface area contributed by atoms with Gasteiger partial charge in [-0.15, -0.1) is 0 Å². The van der Waals surface area contributed by atoms with E-state index in [1.807, 2.05) is 11.9 Å². The lowest BCUT2D eigenvalue weighted by Gasteiger charge is -2.17. The van der Waals surface area contributed by atoms with Crippen LogP contribution in [0.25, 0.3) is 0 Å². The predicted octanol–water partition coefficient (Wildman–Crippen LogP) is 1.67. The van der Waals surface area contributed by atoms with Gasteiger partial charge in [-0.3, -0.25) is 4.79 Å². The summed E-state index contributed by atoms with van der Waals surface area (Å²) in [5.74, 6) is 0.0939. The van der Waals surface area contributed by atoms with E-state index in [2.05, 4.69) is 5.32 Å². The van der Waals surface area contributed by atoms with Gasteiger partial charge in [-0.25, -0.2) is 4.39 Å². The molecule has 1 unspecified atom stereocenters. The van der Waals surface area contributed by atoms with Crippen molar-refractivity contribution in [2.45, 2.75) is 13.0 Å². The number of rotatable bonds is 8. The normalized spacial score (nSPS) is 17.7. The van der Waals surface area contributed by atoms with Gasteiger partial charge in [0.2, 0.25) is 0 Å². The molecule has 1 atom stereocenters. The van der Waals surface area contributed by atoms with Crippen molar-refractivity contribution in [2.24, 2.45) is 5.92 Å². The minimum absolute atomic E-state index is 0.0401. The Balaban J connectivity index is 1.98. The second kappa shape index (κ2) is 8.96. The first-order valence-corrected chi connectivity index (χ1v) is 7.94. The summed E-state index contributed by atoms with van der Waals surface area (Å²) in [7, 11) is 3.50. The number of halogens is 1. The summed E-state index contributed by atoms with van der Waals surface area (Å²) in [6.45, 7) is 3.40. The topological polar surface area (TPSA) is 50.8 Å². The summed E-state index contributed by atoms with van der Waals surface area (Å²) in [6, 6.07) is 4.47. The molecule has 1 aromatic carbocycles. The number of carbonyl (C=O) groups excluding carboxylic acids is 1. The number of methoxy groups -OCH3 is 1. The number of hydrogen-bond acceptors (Lipinski definition) is 4. The monoisotopic (exact) mass is 324 g/mol. The van der Waals surface area contributed by atoms with Crippen LogP contribution in [0.3, 0.4) is 0 Å². The third-order valence-electron chi connectivity index (χ3n) is 4.05.